The minimum absolute atomic E-state index is 0.0433. The number of hydrogen-bond acceptors (Lipinski definition) is 4. The van der Waals surface area contributed by atoms with Crippen LogP contribution in [0.15, 0.2) is 11.0 Å². The summed E-state index contributed by atoms with van der Waals surface area (Å²) < 4.78 is 62.9. The molecule has 1 heterocycles. The third-order valence-electron chi connectivity index (χ3n) is 2.46. The van der Waals surface area contributed by atoms with Crippen LogP contribution in [-0.4, -0.2) is 27.7 Å². The van der Waals surface area contributed by atoms with E-state index in [0.717, 1.165) is 4.88 Å². The number of halogens is 3. The van der Waals surface area contributed by atoms with Gasteiger partial charge >= 0.3 is 6.18 Å². The minimum Gasteiger partial charge on any atom is -0.315 e. The fraction of sp³-hybridized carbons (Fsp3) is 0.636. The van der Waals surface area contributed by atoms with Crippen LogP contribution >= 0.6 is 11.3 Å². The van der Waals surface area contributed by atoms with Crippen molar-refractivity contribution in [3.8, 4) is 0 Å². The van der Waals surface area contributed by atoms with E-state index in [-0.39, 0.29) is 4.90 Å². The number of rotatable bonds is 6. The first kappa shape index (κ1) is 17.4. The first-order chi connectivity index (χ1) is 9.05. The SMILES string of the molecule is CNCc1cc(S(=O)(=O)NC(C)CC(F)(F)F)c(C)s1. The van der Waals surface area contributed by atoms with Crippen molar-refractivity contribution < 1.29 is 21.6 Å². The molecule has 116 valence electrons. The van der Waals surface area contributed by atoms with E-state index in [9.17, 15) is 21.6 Å². The highest BCUT2D eigenvalue weighted by Crippen LogP contribution is 2.27. The Kier molecular flexibility index (Phi) is 5.59. The predicted molar refractivity (Wildman–Crippen MR) is 72.3 cm³/mol. The zero-order valence-corrected chi connectivity index (χ0v) is 13.0. The Bertz CT molecular complexity index is 553. The maximum atomic E-state index is 12.2. The van der Waals surface area contributed by atoms with Crippen LogP contribution in [-0.2, 0) is 16.6 Å². The van der Waals surface area contributed by atoms with Crippen molar-refractivity contribution in [2.24, 2.45) is 0 Å². The molecular formula is C11H17F3N2O2S2. The van der Waals surface area contributed by atoms with Crippen LogP contribution < -0.4 is 10.0 Å². The molecule has 0 saturated heterocycles. The molecule has 0 spiro atoms. The molecule has 0 aromatic carbocycles. The molecule has 0 aliphatic rings. The van der Waals surface area contributed by atoms with Gasteiger partial charge in [0.2, 0.25) is 10.0 Å². The molecule has 0 saturated carbocycles. The molecule has 9 heteroatoms. The topological polar surface area (TPSA) is 58.2 Å². The van der Waals surface area contributed by atoms with Crippen molar-refractivity contribution >= 4 is 21.4 Å². The fourth-order valence-electron chi connectivity index (χ4n) is 1.77. The molecule has 0 radical (unpaired) electrons. The summed E-state index contributed by atoms with van der Waals surface area (Å²) in [5.74, 6) is 0. The van der Waals surface area contributed by atoms with E-state index in [1.165, 1.54) is 24.3 Å². The summed E-state index contributed by atoms with van der Waals surface area (Å²) in [5, 5.41) is 2.89. The van der Waals surface area contributed by atoms with Crippen LogP contribution in [0.5, 0.6) is 0 Å². The van der Waals surface area contributed by atoms with Gasteiger partial charge in [-0.3, -0.25) is 0 Å². The Hall–Kier alpha value is -0.640. The number of thiophene rings is 1. The van der Waals surface area contributed by atoms with E-state index < -0.39 is 28.7 Å². The van der Waals surface area contributed by atoms with Gasteiger partial charge in [0.25, 0.3) is 0 Å². The largest absolute Gasteiger partial charge is 0.390 e. The predicted octanol–water partition coefficient (Wildman–Crippen LogP) is 2.40. The fourth-order valence-corrected chi connectivity index (χ4v) is 4.66. The van der Waals surface area contributed by atoms with Crippen LogP contribution in [0.3, 0.4) is 0 Å². The monoisotopic (exact) mass is 330 g/mol. The van der Waals surface area contributed by atoms with Gasteiger partial charge in [-0.1, -0.05) is 0 Å². The van der Waals surface area contributed by atoms with Crippen molar-refractivity contribution in [2.45, 2.75) is 43.9 Å². The third kappa shape index (κ3) is 5.04. The lowest BCUT2D eigenvalue weighted by Crippen LogP contribution is -2.36. The summed E-state index contributed by atoms with van der Waals surface area (Å²) in [5.41, 5.74) is 0. The summed E-state index contributed by atoms with van der Waals surface area (Å²) in [6, 6.07) is 0.283. The van der Waals surface area contributed by atoms with Crippen molar-refractivity contribution in [1.29, 1.82) is 0 Å². The lowest BCUT2D eigenvalue weighted by Gasteiger charge is -2.15. The van der Waals surface area contributed by atoms with E-state index in [4.69, 9.17) is 0 Å². The van der Waals surface area contributed by atoms with E-state index in [0.29, 0.717) is 11.4 Å². The van der Waals surface area contributed by atoms with Crippen molar-refractivity contribution in [2.75, 3.05) is 7.05 Å². The van der Waals surface area contributed by atoms with Gasteiger partial charge in [0.05, 0.1) is 11.3 Å². The molecule has 0 aliphatic carbocycles. The van der Waals surface area contributed by atoms with Crippen LogP contribution in [0.25, 0.3) is 0 Å². The number of alkyl halides is 3. The Balaban J connectivity index is 2.88. The second-order valence-electron chi connectivity index (χ2n) is 4.51. The van der Waals surface area contributed by atoms with Gasteiger partial charge in [0.1, 0.15) is 0 Å². The molecule has 2 N–H and O–H groups in total. The molecule has 20 heavy (non-hydrogen) atoms. The van der Waals surface area contributed by atoms with Crippen molar-refractivity contribution in [3.05, 3.63) is 15.8 Å². The smallest absolute Gasteiger partial charge is 0.315 e. The quantitative estimate of drug-likeness (QED) is 0.842. The van der Waals surface area contributed by atoms with E-state index in [1.54, 1.807) is 14.0 Å². The zero-order valence-electron chi connectivity index (χ0n) is 11.3. The normalized spacial score (nSPS) is 14.5. The molecule has 0 amide bonds. The number of hydrogen-bond donors (Lipinski definition) is 2. The third-order valence-corrected chi connectivity index (χ3v) is 5.35. The van der Waals surface area contributed by atoms with E-state index >= 15 is 0 Å². The molecule has 1 atom stereocenters. The van der Waals surface area contributed by atoms with Gasteiger partial charge < -0.3 is 5.32 Å². The summed E-state index contributed by atoms with van der Waals surface area (Å²) in [4.78, 5) is 1.41. The zero-order chi connectivity index (χ0) is 15.6. The summed E-state index contributed by atoms with van der Waals surface area (Å²) >= 11 is 1.30. The number of nitrogens with one attached hydrogen (secondary N) is 2. The van der Waals surface area contributed by atoms with Crippen LogP contribution in [0, 0.1) is 6.92 Å². The first-order valence-electron chi connectivity index (χ1n) is 5.88. The average Bonchev–Trinajstić information content (AvgIpc) is 2.56. The van der Waals surface area contributed by atoms with Gasteiger partial charge in [0, 0.05) is 22.3 Å². The van der Waals surface area contributed by atoms with Gasteiger partial charge in [-0.15, -0.1) is 11.3 Å². The number of sulfonamides is 1. The highest BCUT2D eigenvalue weighted by atomic mass is 32.2. The highest BCUT2D eigenvalue weighted by Gasteiger charge is 2.32. The average molecular weight is 330 g/mol. The standard InChI is InChI=1S/C11H17F3N2O2S2/c1-7(5-11(12,13)14)16-20(17,18)10-4-9(6-15-3)19-8(10)2/h4,7,15-16H,5-6H2,1-3H3. The van der Waals surface area contributed by atoms with E-state index in [1.807, 2.05) is 0 Å². The number of aryl methyl sites for hydroxylation is 1. The second-order valence-corrected chi connectivity index (χ2v) is 7.53. The second kappa shape index (κ2) is 6.42. The summed E-state index contributed by atoms with van der Waals surface area (Å²) in [6.07, 6.45) is -5.60. The summed E-state index contributed by atoms with van der Waals surface area (Å²) in [6.45, 7) is 3.34. The Morgan fingerprint density at radius 1 is 1.40 bits per heavy atom. The Labute approximate surface area is 120 Å². The molecule has 1 unspecified atom stereocenters. The van der Waals surface area contributed by atoms with Gasteiger partial charge in [-0.2, -0.15) is 13.2 Å². The van der Waals surface area contributed by atoms with Crippen LogP contribution in [0.1, 0.15) is 23.1 Å². The molecule has 1 rings (SSSR count). The first-order valence-corrected chi connectivity index (χ1v) is 8.18. The Morgan fingerprint density at radius 3 is 2.50 bits per heavy atom. The van der Waals surface area contributed by atoms with Gasteiger partial charge in [-0.25, -0.2) is 13.1 Å². The van der Waals surface area contributed by atoms with E-state index in [2.05, 4.69) is 10.0 Å². The molecule has 4 nitrogen and oxygen atoms in total. The van der Waals surface area contributed by atoms with Crippen molar-refractivity contribution in [1.82, 2.24) is 10.0 Å². The van der Waals surface area contributed by atoms with Gasteiger partial charge in [0.15, 0.2) is 0 Å². The molecular weight excluding hydrogens is 313 g/mol. The minimum atomic E-state index is -4.40. The van der Waals surface area contributed by atoms with Crippen LogP contribution in [0.4, 0.5) is 13.2 Å². The maximum Gasteiger partial charge on any atom is 0.390 e. The van der Waals surface area contributed by atoms with Crippen LogP contribution in [0.2, 0.25) is 0 Å². The molecule has 0 fully saturated rings. The highest BCUT2D eigenvalue weighted by molar-refractivity contribution is 7.89. The van der Waals surface area contributed by atoms with Gasteiger partial charge in [-0.05, 0) is 27.0 Å². The lowest BCUT2D eigenvalue weighted by molar-refractivity contribution is -0.137. The maximum absolute atomic E-state index is 12.2. The molecule has 1 aromatic heterocycles. The molecule has 1 aromatic rings. The Morgan fingerprint density at radius 2 is 2.00 bits per heavy atom. The summed E-state index contributed by atoms with van der Waals surface area (Å²) in [7, 11) is -2.20. The lowest BCUT2D eigenvalue weighted by atomic mass is 10.2. The molecule has 0 aliphatic heterocycles. The molecule has 0 bridgehead atoms. The van der Waals surface area contributed by atoms with Crippen molar-refractivity contribution in [3.63, 3.8) is 0 Å².